The number of fused-ring (bicyclic) bond motifs is 2. The lowest BCUT2D eigenvalue weighted by atomic mass is 10.2. The van der Waals surface area contributed by atoms with Gasteiger partial charge in [-0.2, -0.15) is 9.78 Å². The number of hydrogen-bond acceptors (Lipinski definition) is 8. The first-order valence-electron chi connectivity index (χ1n) is 13.1. The highest BCUT2D eigenvalue weighted by Crippen LogP contribution is 2.36. The van der Waals surface area contributed by atoms with E-state index in [-0.39, 0.29) is 33.1 Å². The summed E-state index contributed by atoms with van der Waals surface area (Å²) < 4.78 is 27.0. The number of nitrogens with one attached hydrogen (secondary N) is 1. The number of ether oxygens (including phenoxy) is 1. The highest BCUT2D eigenvalue weighted by molar-refractivity contribution is 9.10. The monoisotopic (exact) mass is 733 g/mol. The minimum absolute atomic E-state index is 0.125. The summed E-state index contributed by atoms with van der Waals surface area (Å²) in [6, 6.07) is 21.9. The molecule has 6 rings (SSSR count). The number of halogens is 3. The van der Waals surface area contributed by atoms with E-state index < -0.39 is 34.5 Å². The first kappa shape index (κ1) is 29.8. The van der Waals surface area contributed by atoms with Gasteiger partial charge in [0, 0.05) is 27.2 Å². The number of hydrogen-bond donors (Lipinski definition) is 1. The Morgan fingerprint density at radius 3 is 2.71 bits per heavy atom. The Bertz CT molecular complexity index is 2230. The van der Waals surface area contributed by atoms with Gasteiger partial charge in [0.1, 0.15) is 11.4 Å². The van der Waals surface area contributed by atoms with Gasteiger partial charge in [0.2, 0.25) is 11.6 Å². The molecule has 1 amide bonds. The van der Waals surface area contributed by atoms with E-state index in [0.717, 1.165) is 20.6 Å². The van der Waals surface area contributed by atoms with Gasteiger partial charge in [-0.05, 0) is 76.6 Å². The molecule has 0 aliphatic heterocycles. The number of para-hydroxylation sites is 1. The van der Waals surface area contributed by atoms with Crippen molar-refractivity contribution >= 4 is 77.2 Å². The molecule has 0 saturated heterocycles. The fraction of sp³-hybridized carbons (Fsp3) is 0.0323. The van der Waals surface area contributed by atoms with Crippen molar-refractivity contribution in [2.24, 2.45) is 5.10 Å². The number of rotatable bonds is 8. The minimum atomic E-state index is -0.677. The number of nitrogens with zero attached hydrogens (tertiary/aromatic N) is 4. The average Bonchev–Trinajstić information content (AvgIpc) is 3.43. The Kier molecular flexibility index (Phi) is 8.24. The molecule has 14 heteroatoms. The number of benzene rings is 4. The zero-order valence-electron chi connectivity index (χ0n) is 22.7. The Morgan fingerprint density at radius 2 is 1.91 bits per heavy atom. The van der Waals surface area contributed by atoms with E-state index in [1.807, 2.05) is 12.1 Å². The maximum atomic E-state index is 13.6. The second kappa shape index (κ2) is 12.4. The summed E-state index contributed by atoms with van der Waals surface area (Å²) in [6.07, 6.45) is 1.26. The van der Waals surface area contributed by atoms with E-state index in [1.54, 1.807) is 36.4 Å². The molecule has 1 N–H and O–H groups in total. The average molecular weight is 735 g/mol. The number of carbonyl (C=O) groups is 1. The second-order valence-corrected chi connectivity index (χ2v) is 11.3. The molecule has 2 aromatic heterocycles. The van der Waals surface area contributed by atoms with Crippen molar-refractivity contribution in [2.45, 2.75) is 0 Å². The summed E-state index contributed by atoms with van der Waals surface area (Å²) >= 11 is 6.71. The van der Waals surface area contributed by atoms with Crippen LogP contribution >= 0.6 is 31.9 Å². The van der Waals surface area contributed by atoms with Gasteiger partial charge < -0.3 is 14.5 Å². The molecule has 224 valence electrons. The Hall–Kier alpha value is -5.21. The normalized spacial score (nSPS) is 11.4. The van der Waals surface area contributed by atoms with Gasteiger partial charge in [-0.25, -0.2) is 9.37 Å². The lowest BCUT2D eigenvalue weighted by Crippen LogP contribution is -2.21. The predicted molar refractivity (Wildman–Crippen MR) is 173 cm³/mol. The molecule has 0 spiro atoms. The van der Waals surface area contributed by atoms with Gasteiger partial charge in [0.15, 0.2) is 12.4 Å². The SMILES string of the molecule is O=C(COc1c(Br)cc(C=Nn2c(-c3cc4cc(Br)ccc4o3)nc3ccccc3c2=O)cc1[N+](=O)[O-])Nc1cccc(F)c1. The van der Waals surface area contributed by atoms with Crippen molar-refractivity contribution in [3.8, 4) is 17.3 Å². The van der Waals surface area contributed by atoms with Crippen LogP contribution < -0.4 is 15.6 Å². The van der Waals surface area contributed by atoms with Crippen LogP contribution in [0.3, 0.4) is 0 Å². The number of furan rings is 1. The van der Waals surface area contributed by atoms with Crippen LogP contribution in [0.4, 0.5) is 15.8 Å². The van der Waals surface area contributed by atoms with Crippen molar-refractivity contribution < 1.29 is 23.3 Å². The van der Waals surface area contributed by atoms with Crippen molar-refractivity contribution in [1.82, 2.24) is 9.66 Å². The lowest BCUT2D eigenvalue weighted by Gasteiger charge is -2.10. The highest BCUT2D eigenvalue weighted by Gasteiger charge is 2.22. The Labute approximate surface area is 269 Å². The van der Waals surface area contributed by atoms with E-state index in [1.165, 1.54) is 36.5 Å². The molecule has 2 heterocycles. The molecule has 0 bridgehead atoms. The molecular formula is C31H18Br2FN5O6. The molecule has 0 fully saturated rings. The third-order valence-electron chi connectivity index (χ3n) is 6.47. The number of nitro groups is 1. The summed E-state index contributed by atoms with van der Waals surface area (Å²) in [5.41, 5.74) is 0.516. The third-order valence-corrected chi connectivity index (χ3v) is 7.56. The summed E-state index contributed by atoms with van der Waals surface area (Å²) in [5.74, 6) is -0.981. The van der Waals surface area contributed by atoms with Gasteiger partial charge in [-0.1, -0.05) is 34.1 Å². The van der Waals surface area contributed by atoms with Crippen molar-refractivity contribution in [3.63, 3.8) is 0 Å². The van der Waals surface area contributed by atoms with E-state index in [9.17, 15) is 24.1 Å². The quantitative estimate of drug-likeness (QED) is 0.0984. The second-order valence-electron chi connectivity index (χ2n) is 9.56. The molecular weight excluding hydrogens is 717 g/mol. The Morgan fingerprint density at radius 1 is 1.09 bits per heavy atom. The maximum Gasteiger partial charge on any atom is 0.312 e. The lowest BCUT2D eigenvalue weighted by molar-refractivity contribution is -0.385. The summed E-state index contributed by atoms with van der Waals surface area (Å²) in [5, 5.41) is 19.9. The van der Waals surface area contributed by atoms with E-state index in [0.29, 0.717) is 16.5 Å². The van der Waals surface area contributed by atoms with E-state index in [4.69, 9.17) is 9.15 Å². The third kappa shape index (κ3) is 6.37. The van der Waals surface area contributed by atoms with Gasteiger partial charge in [0.05, 0.1) is 26.5 Å². The Balaban J connectivity index is 1.34. The van der Waals surface area contributed by atoms with Crippen LogP contribution in [0, 0.1) is 15.9 Å². The predicted octanol–water partition coefficient (Wildman–Crippen LogP) is 7.28. The topological polar surface area (TPSA) is 142 Å². The first-order valence-corrected chi connectivity index (χ1v) is 14.7. The van der Waals surface area contributed by atoms with Gasteiger partial charge in [-0.15, -0.1) is 0 Å². The van der Waals surface area contributed by atoms with Gasteiger partial charge in [-0.3, -0.25) is 19.7 Å². The zero-order chi connectivity index (χ0) is 31.7. The fourth-order valence-electron chi connectivity index (χ4n) is 4.49. The number of carbonyl (C=O) groups excluding carboxylic acids is 1. The number of amides is 1. The number of nitro benzene ring substituents is 1. The van der Waals surface area contributed by atoms with Crippen LogP contribution in [0.5, 0.6) is 5.75 Å². The first-order chi connectivity index (χ1) is 21.7. The minimum Gasteiger partial charge on any atom is -0.476 e. The molecule has 0 radical (unpaired) electrons. The maximum absolute atomic E-state index is 13.6. The zero-order valence-corrected chi connectivity index (χ0v) is 25.9. The summed E-state index contributed by atoms with van der Waals surface area (Å²) in [7, 11) is 0. The molecule has 0 aliphatic carbocycles. The highest BCUT2D eigenvalue weighted by atomic mass is 79.9. The van der Waals surface area contributed by atoms with Gasteiger partial charge >= 0.3 is 5.69 Å². The van der Waals surface area contributed by atoms with Crippen LogP contribution in [0.2, 0.25) is 0 Å². The van der Waals surface area contributed by atoms with Crippen LogP contribution in [-0.2, 0) is 4.79 Å². The molecule has 45 heavy (non-hydrogen) atoms. The van der Waals surface area contributed by atoms with Crippen molar-refractivity contribution in [1.29, 1.82) is 0 Å². The standard InChI is InChI=1S/C31H18Br2FN5O6/c32-19-8-9-26-18(12-19)13-27(45-26)30-37-24-7-2-1-6-22(24)31(41)38(30)35-15-17-10-23(33)29(25(11-17)39(42)43)44-16-28(40)36-21-5-3-4-20(34)14-21/h1-15H,16H2,(H,36,40). The number of aromatic nitrogens is 2. The molecule has 0 saturated carbocycles. The van der Waals surface area contributed by atoms with Crippen LogP contribution in [-0.4, -0.2) is 33.3 Å². The van der Waals surface area contributed by atoms with Crippen LogP contribution in [0.25, 0.3) is 33.5 Å². The largest absolute Gasteiger partial charge is 0.476 e. The van der Waals surface area contributed by atoms with Crippen molar-refractivity contribution in [2.75, 3.05) is 11.9 Å². The molecule has 0 unspecified atom stereocenters. The van der Waals surface area contributed by atoms with Gasteiger partial charge in [0.25, 0.3) is 11.5 Å². The molecule has 0 aliphatic rings. The summed E-state index contributed by atoms with van der Waals surface area (Å²) in [4.78, 5) is 41.8. The number of anilines is 1. The molecule has 4 aromatic carbocycles. The summed E-state index contributed by atoms with van der Waals surface area (Å²) in [6.45, 7) is -0.584. The van der Waals surface area contributed by atoms with E-state index in [2.05, 4.69) is 47.3 Å². The van der Waals surface area contributed by atoms with Crippen molar-refractivity contribution in [3.05, 3.63) is 126 Å². The molecule has 6 aromatic rings. The molecule has 11 nitrogen and oxygen atoms in total. The van der Waals surface area contributed by atoms with Crippen LogP contribution in [0.15, 0.2) is 108 Å². The fourth-order valence-corrected chi connectivity index (χ4v) is 5.45. The van der Waals surface area contributed by atoms with Crippen LogP contribution in [0.1, 0.15) is 5.56 Å². The molecule has 0 atom stereocenters. The van der Waals surface area contributed by atoms with E-state index >= 15 is 0 Å². The smallest absolute Gasteiger partial charge is 0.312 e.